The summed E-state index contributed by atoms with van der Waals surface area (Å²) < 4.78 is 28.9. The van der Waals surface area contributed by atoms with E-state index in [0.29, 0.717) is 51.5 Å². The molecule has 1 fully saturated rings. The second kappa shape index (κ2) is 12.4. The molecular formula is C28H28Cl2N4O6S. The first-order valence-electron chi connectivity index (χ1n) is 12.5. The van der Waals surface area contributed by atoms with E-state index in [1.807, 2.05) is 26.2 Å². The lowest BCUT2D eigenvalue weighted by Crippen LogP contribution is -2.25. The molecule has 0 spiro atoms. The van der Waals surface area contributed by atoms with Gasteiger partial charge in [-0.2, -0.15) is 4.73 Å². The van der Waals surface area contributed by atoms with E-state index in [0.717, 1.165) is 4.73 Å². The van der Waals surface area contributed by atoms with Crippen molar-refractivity contribution >= 4 is 35.0 Å². The third-order valence-corrected chi connectivity index (χ3v) is 7.26. The molecule has 2 aromatic carbocycles. The average Bonchev–Trinajstić information content (AvgIpc) is 3.48. The van der Waals surface area contributed by atoms with Crippen LogP contribution in [0.15, 0.2) is 53.8 Å². The molecule has 4 aromatic rings. The first-order chi connectivity index (χ1) is 19.7. The molecule has 13 heteroatoms. The Bertz CT molecular complexity index is 1530. The average molecular weight is 620 g/mol. The quantitative estimate of drug-likeness (QED) is 0.0920. The molecule has 1 unspecified atom stereocenters. The number of halogens is 2. The fourth-order valence-corrected chi connectivity index (χ4v) is 5.32. The van der Waals surface area contributed by atoms with Crippen molar-refractivity contribution in [3.8, 4) is 45.5 Å². The topological polar surface area (TPSA) is 110 Å². The van der Waals surface area contributed by atoms with Gasteiger partial charge in [0.25, 0.3) is 0 Å². The number of methoxy groups -OCH3 is 1. The third kappa shape index (κ3) is 6.56. The van der Waals surface area contributed by atoms with Gasteiger partial charge in [-0.1, -0.05) is 47.1 Å². The minimum atomic E-state index is -0.656. The molecule has 1 N–H and O–H groups in total. The van der Waals surface area contributed by atoms with E-state index < -0.39 is 5.79 Å². The lowest BCUT2D eigenvalue weighted by Gasteiger charge is -2.17. The SMILES string of the molecule is COCOc1cccc(-c2c(-c3ccnc(SC)n3)nc(-c3c(Cl)cc(OCC4COC(C)(C)O4)cc3Cl)n2O)c1. The number of ether oxygens (including phenoxy) is 5. The minimum Gasteiger partial charge on any atom is -0.491 e. The van der Waals surface area contributed by atoms with Crippen molar-refractivity contribution in [1.82, 2.24) is 19.7 Å². The van der Waals surface area contributed by atoms with E-state index in [1.54, 1.807) is 42.6 Å². The number of thioether (sulfide) groups is 1. The molecule has 216 valence electrons. The molecule has 5 rings (SSSR count). The fourth-order valence-electron chi connectivity index (χ4n) is 4.32. The first kappa shape index (κ1) is 29.4. The van der Waals surface area contributed by atoms with Gasteiger partial charge in [-0.15, -0.1) is 0 Å². The van der Waals surface area contributed by atoms with Gasteiger partial charge in [0.2, 0.25) is 0 Å². The van der Waals surface area contributed by atoms with Crippen molar-refractivity contribution in [2.75, 3.05) is 33.4 Å². The zero-order valence-electron chi connectivity index (χ0n) is 22.8. The molecule has 2 aromatic heterocycles. The molecular weight excluding hydrogens is 591 g/mol. The van der Waals surface area contributed by atoms with Crippen LogP contribution in [0, 0.1) is 0 Å². The van der Waals surface area contributed by atoms with Gasteiger partial charge in [0.1, 0.15) is 35.6 Å². The Morgan fingerprint density at radius 2 is 1.88 bits per heavy atom. The number of imidazole rings is 1. The Hall–Kier alpha value is -3.06. The summed E-state index contributed by atoms with van der Waals surface area (Å²) in [4.78, 5) is 13.6. The molecule has 0 saturated carbocycles. The van der Waals surface area contributed by atoms with Crippen molar-refractivity contribution in [3.05, 3.63) is 58.7 Å². The Kier molecular flexibility index (Phi) is 8.93. The van der Waals surface area contributed by atoms with Gasteiger partial charge in [-0.3, -0.25) is 0 Å². The Balaban J connectivity index is 1.55. The second-order valence-electron chi connectivity index (χ2n) is 9.48. The summed E-state index contributed by atoms with van der Waals surface area (Å²) >= 11 is 14.8. The van der Waals surface area contributed by atoms with Crippen molar-refractivity contribution in [1.29, 1.82) is 0 Å². The smallest absolute Gasteiger partial charge is 0.188 e. The molecule has 1 atom stereocenters. The van der Waals surface area contributed by atoms with Crippen molar-refractivity contribution in [2.24, 2.45) is 0 Å². The van der Waals surface area contributed by atoms with Crippen LogP contribution in [0.3, 0.4) is 0 Å². The maximum Gasteiger partial charge on any atom is 0.188 e. The number of nitrogens with zero attached hydrogens (tertiary/aromatic N) is 4. The summed E-state index contributed by atoms with van der Waals surface area (Å²) in [7, 11) is 1.54. The summed E-state index contributed by atoms with van der Waals surface area (Å²) in [6.45, 7) is 4.44. The molecule has 41 heavy (non-hydrogen) atoms. The van der Waals surface area contributed by atoms with Crippen molar-refractivity contribution < 1.29 is 28.9 Å². The molecule has 0 amide bonds. The molecule has 0 radical (unpaired) electrons. The maximum atomic E-state index is 11.5. The first-order valence-corrected chi connectivity index (χ1v) is 14.5. The Morgan fingerprint density at radius 1 is 1.10 bits per heavy atom. The van der Waals surface area contributed by atoms with Gasteiger partial charge in [-0.05, 0) is 50.4 Å². The zero-order valence-corrected chi connectivity index (χ0v) is 25.1. The van der Waals surface area contributed by atoms with Crippen LogP contribution < -0.4 is 9.47 Å². The van der Waals surface area contributed by atoms with E-state index in [2.05, 4.69) is 9.97 Å². The summed E-state index contributed by atoms with van der Waals surface area (Å²) in [5.41, 5.74) is 2.21. The van der Waals surface area contributed by atoms with Gasteiger partial charge in [0.15, 0.2) is 23.6 Å². The Morgan fingerprint density at radius 3 is 2.56 bits per heavy atom. The minimum absolute atomic E-state index is 0.0697. The normalized spacial score (nSPS) is 16.2. The maximum absolute atomic E-state index is 11.5. The van der Waals surface area contributed by atoms with Crippen LogP contribution >= 0.6 is 35.0 Å². The lowest BCUT2D eigenvalue weighted by atomic mass is 10.1. The van der Waals surface area contributed by atoms with E-state index >= 15 is 0 Å². The lowest BCUT2D eigenvalue weighted by molar-refractivity contribution is -0.141. The molecule has 0 aliphatic carbocycles. The molecule has 10 nitrogen and oxygen atoms in total. The number of aromatic nitrogens is 4. The van der Waals surface area contributed by atoms with Crippen molar-refractivity contribution in [2.45, 2.75) is 30.9 Å². The van der Waals surface area contributed by atoms with Crippen LogP contribution in [-0.4, -0.2) is 70.2 Å². The molecule has 1 saturated heterocycles. The third-order valence-electron chi connectivity index (χ3n) is 6.11. The second-order valence-corrected chi connectivity index (χ2v) is 11.1. The van der Waals surface area contributed by atoms with Crippen LogP contribution in [0.2, 0.25) is 10.0 Å². The summed E-state index contributed by atoms with van der Waals surface area (Å²) in [6.07, 6.45) is 3.28. The molecule has 1 aliphatic heterocycles. The highest BCUT2D eigenvalue weighted by Crippen LogP contribution is 2.42. The number of benzene rings is 2. The van der Waals surface area contributed by atoms with Gasteiger partial charge >= 0.3 is 0 Å². The predicted molar refractivity (Wildman–Crippen MR) is 156 cm³/mol. The number of hydrogen-bond donors (Lipinski definition) is 1. The molecule has 3 heterocycles. The van der Waals surface area contributed by atoms with E-state index in [9.17, 15) is 5.21 Å². The Labute approximate surface area is 251 Å². The number of hydrogen-bond acceptors (Lipinski definition) is 10. The summed E-state index contributed by atoms with van der Waals surface area (Å²) in [5, 5.41) is 12.6. The van der Waals surface area contributed by atoms with E-state index in [-0.39, 0.29) is 35.4 Å². The predicted octanol–water partition coefficient (Wildman–Crippen LogP) is 6.45. The van der Waals surface area contributed by atoms with Crippen LogP contribution in [0.25, 0.3) is 34.0 Å². The van der Waals surface area contributed by atoms with Crippen LogP contribution in [0.5, 0.6) is 11.5 Å². The highest BCUT2D eigenvalue weighted by atomic mass is 35.5. The zero-order chi connectivity index (χ0) is 29.1. The van der Waals surface area contributed by atoms with Gasteiger partial charge in [-0.25, -0.2) is 15.0 Å². The molecule has 1 aliphatic rings. The summed E-state index contributed by atoms with van der Waals surface area (Å²) in [6, 6.07) is 12.1. The number of rotatable bonds is 10. The molecule has 0 bridgehead atoms. The van der Waals surface area contributed by atoms with Crippen LogP contribution in [0.4, 0.5) is 0 Å². The summed E-state index contributed by atoms with van der Waals surface area (Å²) in [5.74, 6) is 0.453. The highest BCUT2D eigenvalue weighted by molar-refractivity contribution is 7.98. The van der Waals surface area contributed by atoms with Gasteiger partial charge < -0.3 is 28.9 Å². The standard InChI is InChI=1S/C28H28Cl2N4O6S/c1-28(2)39-14-19(40-28)13-37-18-11-20(29)23(21(30)12-18)26-33-24(22-8-9-31-27(32-22)41-4)25(34(26)35)16-6-5-7-17(10-16)38-15-36-3/h5-12,19,35H,13-15H2,1-4H3. The van der Waals surface area contributed by atoms with Crippen LogP contribution in [0.1, 0.15) is 13.8 Å². The van der Waals surface area contributed by atoms with Crippen molar-refractivity contribution in [3.63, 3.8) is 0 Å². The van der Waals surface area contributed by atoms with Gasteiger partial charge in [0.05, 0.1) is 27.9 Å². The highest BCUT2D eigenvalue weighted by Gasteiger charge is 2.33. The van der Waals surface area contributed by atoms with E-state index in [1.165, 1.54) is 18.9 Å². The van der Waals surface area contributed by atoms with Gasteiger partial charge in [0, 0.05) is 18.9 Å². The van der Waals surface area contributed by atoms with Crippen LogP contribution in [-0.2, 0) is 14.2 Å². The monoisotopic (exact) mass is 618 g/mol. The fraction of sp³-hybridized carbons (Fsp3) is 0.321. The van der Waals surface area contributed by atoms with E-state index in [4.69, 9.17) is 51.9 Å². The largest absolute Gasteiger partial charge is 0.491 e.